The fourth-order valence-electron chi connectivity index (χ4n) is 1.67. The zero-order valence-corrected chi connectivity index (χ0v) is 12.6. The minimum atomic E-state index is -0.242. The lowest BCUT2D eigenvalue weighted by molar-refractivity contribution is -0.113. The highest BCUT2D eigenvalue weighted by Crippen LogP contribution is 2.22. The van der Waals surface area contributed by atoms with Gasteiger partial charge in [-0.15, -0.1) is 22.9 Å². The highest BCUT2D eigenvalue weighted by molar-refractivity contribution is 7.15. The number of thiazole rings is 1. The summed E-state index contributed by atoms with van der Waals surface area (Å²) < 4.78 is 5.40. The maximum absolute atomic E-state index is 11.2. The minimum absolute atomic E-state index is 0.0617. The fraction of sp³-hybridized carbons (Fsp3) is 0.286. The predicted octanol–water partition coefficient (Wildman–Crippen LogP) is 3.31. The number of nitrogens with one attached hydrogen (secondary N) is 1. The quantitative estimate of drug-likeness (QED) is 0.833. The molecule has 2 aromatic rings. The standard InChI is InChI=1S/C14H15ClN2O2S/c1-2-19-11-5-3-10(4-6-11)7-12-9-16-14(20-12)17-13(18)8-15/h3-6,9H,2,7-8H2,1H3,(H,16,17,18). The van der Waals surface area contributed by atoms with Crippen molar-refractivity contribution in [1.29, 1.82) is 0 Å². The van der Waals surface area contributed by atoms with Gasteiger partial charge < -0.3 is 10.1 Å². The van der Waals surface area contributed by atoms with Crippen LogP contribution < -0.4 is 10.1 Å². The second-order valence-electron chi connectivity index (χ2n) is 4.07. The molecule has 0 bridgehead atoms. The third-order valence-corrected chi connectivity index (χ3v) is 3.69. The van der Waals surface area contributed by atoms with Gasteiger partial charge in [0, 0.05) is 17.5 Å². The SMILES string of the molecule is CCOc1ccc(Cc2cnc(NC(=O)CCl)s2)cc1. The van der Waals surface area contributed by atoms with E-state index in [4.69, 9.17) is 16.3 Å². The highest BCUT2D eigenvalue weighted by atomic mass is 35.5. The van der Waals surface area contributed by atoms with E-state index >= 15 is 0 Å². The number of anilines is 1. The molecule has 2 rings (SSSR count). The van der Waals surface area contributed by atoms with E-state index in [0.29, 0.717) is 11.7 Å². The molecule has 0 aliphatic carbocycles. The summed E-state index contributed by atoms with van der Waals surface area (Å²) >= 11 is 6.88. The van der Waals surface area contributed by atoms with Crippen LogP contribution in [0.4, 0.5) is 5.13 Å². The Balaban J connectivity index is 1.97. The van der Waals surface area contributed by atoms with Gasteiger partial charge in [-0.25, -0.2) is 4.98 Å². The van der Waals surface area contributed by atoms with Crippen LogP contribution in [-0.2, 0) is 11.2 Å². The molecule has 1 aromatic carbocycles. The third kappa shape index (κ3) is 4.21. The number of hydrogen-bond donors (Lipinski definition) is 1. The number of carbonyl (C=O) groups is 1. The van der Waals surface area contributed by atoms with Crippen LogP contribution in [0, 0.1) is 0 Å². The van der Waals surface area contributed by atoms with Gasteiger partial charge in [0.1, 0.15) is 11.6 Å². The molecule has 1 aromatic heterocycles. The van der Waals surface area contributed by atoms with E-state index < -0.39 is 0 Å². The van der Waals surface area contributed by atoms with E-state index in [1.54, 1.807) is 6.20 Å². The fourth-order valence-corrected chi connectivity index (χ4v) is 2.60. The molecular formula is C14H15ClN2O2S. The van der Waals surface area contributed by atoms with Crippen molar-refractivity contribution < 1.29 is 9.53 Å². The molecule has 1 heterocycles. The molecule has 6 heteroatoms. The Hall–Kier alpha value is -1.59. The molecule has 4 nitrogen and oxygen atoms in total. The van der Waals surface area contributed by atoms with Crippen molar-refractivity contribution in [2.75, 3.05) is 17.8 Å². The molecule has 0 atom stereocenters. The maximum Gasteiger partial charge on any atom is 0.241 e. The maximum atomic E-state index is 11.2. The van der Waals surface area contributed by atoms with E-state index in [-0.39, 0.29) is 11.8 Å². The molecule has 0 spiro atoms. The van der Waals surface area contributed by atoms with Gasteiger partial charge in [-0.05, 0) is 24.6 Å². The summed E-state index contributed by atoms with van der Waals surface area (Å²) in [5.74, 6) is 0.567. The molecule has 0 unspecified atom stereocenters. The van der Waals surface area contributed by atoms with Crippen LogP contribution in [0.1, 0.15) is 17.4 Å². The molecule has 20 heavy (non-hydrogen) atoms. The smallest absolute Gasteiger partial charge is 0.241 e. The Morgan fingerprint density at radius 1 is 1.40 bits per heavy atom. The summed E-state index contributed by atoms with van der Waals surface area (Å²) in [6, 6.07) is 7.97. The summed E-state index contributed by atoms with van der Waals surface area (Å²) in [6.45, 7) is 2.62. The summed E-state index contributed by atoms with van der Waals surface area (Å²) in [5.41, 5.74) is 1.17. The van der Waals surface area contributed by atoms with Gasteiger partial charge >= 0.3 is 0 Å². The van der Waals surface area contributed by atoms with E-state index in [1.165, 1.54) is 16.9 Å². The number of carbonyl (C=O) groups excluding carboxylic acids is 1. The molecule has 0 fully saturated rings. The minimum Gasteiger partial charge on any atom is -0.494 e. The van der Waals surface area contributed by atoms with Crippen molar-refractivity contribution in [2.24, 2.45) is 0 Å². The van der Waals surface area contributed by atoms with E-state index in [1.807, 2.05) is 31.2 Å². The first kappa shape index (κ1) is 14.8. The Kier molecular flexibility index (Phi) is 5.38. The zero-order valence-electron chi connectivity index (χ0n) is 11.1. The number of nitrogens with zero attached hydrogens (tertiary/aromatic N) is 1. The number of halogens is 1. The topological polar surface area (TPSA) is 51.2 Å². The Labute approximate surface area is 126 Å². The third-order valence-electron chi connectivity index (χ3n) is 2.53. The lowest BCUT2D eigenvalue weighted by Crippen LogP contribution is -2.11. The molecule has 0 saturated heterocycles. The number of benzene rings is 1. The van der Waals surface area contributed by atoms with Crippen LogP contribution in [-0.4, -0.2) is 23.4 Å². The lowest BCUT2D eigenvalue weighted by atomic mass is 10.1. The van der Waals surface area contributed by atoms with E-state index in [2.05, 4.69) is 10.3 Å². The van der Waals surface area contributed by atoms with Crippen molar-refractivity contribution in [1.82, 2.24) is 4.98 Å². The van der Waals surface area contributed by atoms with Gasteiger partial charge in [0.15, 0.2) is 5.13 Å². The van der Waals surface area contributed by atoms with Crippen LogP contribution in [0.2, 0.25) is 0 Å². The number of aromatic nitrogens is 1. The molecule has 0 aliphatic rings. The van der Waals surface area contributed by atoms with Crippen LogP contribution in [0.25, 0.3) is 0 Å². The second kappa shape index (κ2) is 7.26. The highest BCUT2D eigenvalue weighted by Gasteiger charge is 2.06. The van der Waals surface area contributed by atoms with E-state index in [0.717, 1.165) is 17.0 Å². The van der Waals surface area contributed by atoms with Crippen LogP contribution in [0.3, 0.4) is 0 Å². The number of ether oxygens (including phenoxy) is 1. The first-order chi connectivity index (χ1) is 9.71. The molecular weight excluding hydrogens is 296 g/mol. The monoisotopic (exact) mass is 310 g/mol. The van der Waals surface area contributed by atoms with Crippen LogP contribution in [0.15, 0.2) is 30.5 Å². The van der Waals surface area contributed by atoms with Gasteiger partial charge in [-0.3, -0.25) is 4.79 Å². The van der Waals surface area contributed by atoms with Gasteiger partial charge in [0.25, 0.3) is 0 Å². The average Bonchev–Trinajstić information content (AvgIpc) is 2.88. The summed E-state index contributed by atoms with van der Waals surface area (Å²) in [6.07, 6.45) is 2.55. The first-order valence-electron chi connectivity index (χ1n) is 6.23. The molecule has 1 N–H and O–H groups in total. The number of amides is 1. The Morgan fingerprint density at radius 2 is 2.15 bits per heavy atom. The summed E-state index contributed by atoms with van der Waals surface area (Å²) in [5, 5.41) is 3.22. The van der Waals surface area contributed by atoms with Gasteiger partial charge in [-0.1, -0.05) is 12.1 Å². The van der Waals surface area contributed by atoms with Gasteiger partial charge in [0.05, 0.1) is 6.61 Å². The van der Waals surface area contributed by atoms with Crippen molar-refractivity contribution in [3.63, 3.8) is 0 Å². The largest absolute Gasteiger partial charge is 0.494 e. The summed E-state index contributed by atoms with van der Waals surface area (Å²) in [4.78, 5) is 16.4. The molecule has 0 radical (unpaired) electrons. The van der Waals surface area contributed by atoms with Crippen LogP contribution in [0.5, 0.6) is 5.75 Å². The van der Waals surface area contributed by atoms with E-state index in [9.17, 15) is 4.79 Å². The second-order valence-corrected chi connectivity index (χ2v) is 5.45. The number of alkyl halides is 1. The summed E-state index contributed by atoms with van der Waals surface area (Å²) in [7, 11) is 0. The van der Waals surface area contributed by atoms with Crippen molar-refractivity contribution in [3.8, 4) is 5.75 Å². The molecule has 0 aliphatic heterocycles. The number of rotatable bonds is 6. The van der Waals surface area contributed by atoms with Crippen molar-refractivity contribution >= 4 is 34.0 Å². The van der Waals surface area contributed by atoms with Gasteiger partial charge in [-0.2, -0.15) is 0 Å². The van der Waals surface area contributed by atoms with Crippen molar-refractivity contribution in [2.45, 2.75) is 13.3 Å². The Bertz CT molecular complexity index is 569. The Morgan fingerprint density at radius 3 is 2.80 bits per heavy atom. The number of hydrogen-bond acceptors (Lipinski definition) is 4. The zero-order chi connectivity index (χ0) is 14.4. The van der Waals surface area contributed by atoms with Crippen LogP contribution >= 0.6 is 22.9 Å². The first-order valence-corrected chi connectivity index (χ1v) is 7.58. The predicted molar refractivity (Wildman–Crippen MR) is 81.9 cm³/mol. The van der Waals surface area contributed by atoms with Crippen molar-refractivity contribution in [3.05, 3.63) is 40.9 Å². The lowest BCUT2D eigenvalue weighted by Gasteiger charge is -2.03. The molecule has 1 amide bonds. The van der Waals surface area contributed by atoms with Gasteiger partial charge in [0.2, 0.25) is 5.91 Å². The molecule has 106 valence electrons. The molecule has 0 saturated carbocycles. The average molecular weight is 311 g/mol. The normalized spacial score (nSPS) is 10.3.